The predicted molar refractivity (Wildman–Crippen MR) is 115 cm³/mol. The Balaban J connectivity index is 1.66. The summed E-state index contributed by atoms with van der Waals surface area (Å²) in [6, 6.07) is 6.65. The number of nitrogens with zero attached hydrogens (tertiary/aromatic N) is 2. The van der Waals surface area contributed by atoms with Gasteiger partial charge in [0.25, 0.3) is 0 Å². The summed E-state index contributed by atoms with van der Waals surface area (Å²) in [5.41, 5.74) is 4.15. The van der Waals surface area contributed by atoms with Gasteiger partial charge in [0, 0.05) is 17.3 Å². The van der Waals surface area contributed by atoms with Gasteiger partial charge in [0.05, 0.1) is 21.6 Å². The van der Waals surface area contributed by atoms with Crippen LogP contribution in [0.15, 0.2) is 41.3 Å². The number of anilines is 3. The van der Waals surface area contributed by atoms with Gasteiger partial charge < -0.3 is 16.2 Å². The Kier molecular flexibility index (Phi) is 5.99. The van der Waals surface area contributed by atoms with Gasteiger partial charge in [-0.05, 0) is 42.7 Å². The van der Waals surface area contributed by atoms with Gasteiger partial charge >= 0.3 is 6.18 Å². The quantitative estimate of drug-likeness (QED) is 0.347. The van der Waals surface area contributed by atoms with Crippen molar-refractivity contribution in [3.63, 3.8) is 0 Å². The molecule has 0 spiro atoms. The molecule has 0 bridgehead atoms. The fraction of sp³-hybridized carbons (Fsp3) is 0.263. The fourth-order valence-corrected chi connectivity index (χ4v) is 5.02. The molecule has 9 nitrogen and oxygen atoms in total. The van der Waals surface area contributed by atoms with Crippen molar-refractivity contribution in [3.05, 3.63) is 47.0 Å². The van der Waals surface area contributed by atoms with Crippen molar-refractivity contribution in [2.24, 2.45) is 0 Å². The minimum absolute atomic E-state index is 0.0128. The number of sulfonamides is 1. The molecule has 4 rings (SSSR count). The van der Waals surface area contributed by atoms with E-state index in [0.29, 0.717) is 12.8 Å². The van der Waals surface area contributed by atoms with E-state index < -0.39 is 27.9 Å². The monoisotopic (exact) mass is 502 g/mol. The molecule has 14 heteroatoms. The second kappa shape index (κ2) is 8.48. The van der Waals surface area contributed by atoms with Gasteiger partial charge in [-0.2, -0.15) is 18.2 Å². The van der Waals surface area contributed by atoms with Crippen molar-refractivity contribution < 1.29 is 26.7 Å². The van der Waals surface area contributed by atoms with Crippen LogP contribution in [0.3, 0.4) is 0 Å². The third-order valence-electron chi connectivity index (χ3n) is 5.04. The molecular weight excluding hydrogens is 485 g/mol. The van der Waals surface area contributed by atoms with Crippen LogP contribution in [0.1, 0.15) is 18.4 Å². The third kappa shape index (κ3) is 5.05. The highest BCUT2D eigenvalue weighted by atomic mass is 35.5. The minimum atomic E-state index is -4.76. The SMILES string of the molecule is Nc1nc(Nc2cc(Cl)c(-c3ccc(S(=O)(=O)N[C@H]4C[C@H](O)C4)cc3)c(C(F)(F)F)c2)n[nH]1. The molecule has 0 unspecified atom stereocenters. The predicted octanol–water partition coefficient (Wildman–Crippen LogP) is 3.27. The van der Waals surface area contributed by atoms with E-state index in [1.54, 1.807) is 0 Å². The second-order valence-corrected chi connectivity index (χ2v) is 9.64. The third-order valence-corrected chi connectivity index (χ3v) is 6.88. The first-order valence-electron chi connectivity index (χ1n) is 9.59. The largest absolute Gasteiger partial charge is 0.417 e. The zero-order valence-corrected chi connectivity index (χ0v) is 18.3. The van der Waals surface area contributed by atoms with Crippen molar-refractivity contribution in [2.45, 2.75) is 36.1 Å². The lowest BCUT2D eigenvalue weighted by molar-refractivity contribution is -0.137. The number of aromatic amines is 1. The van der Waals surface area contributed by atoms with Gasteiger partial charge in [-0.15, -0.1) is 5.10 Å². The summed E-state index contributed by atoms with van der Waals surface area (Å²) in [6.07, 6.45) is -4.68. The highest BCUT2D eigenvalue weighted by Crippen LogP contribution is 2.43. The number of alkyl halides is 3. The van der Waals surface area contributed by atoms with E-state index in [1.807, 2.05) is 0 Å². The van der Waals surface area contributed by atoms with E-state index in [9.17, 15) is 26.7 Å². The summed E-state index contributed by atoms with van der Waals surface area (Å²) in [4.78, 5) is 3.66. The fourth-order valence-electron chi connectivity index (χ4n) is 3.43. The lowest BCUT2D eigenvalue weighted by atomic mass is 9.91. The molecule has 1 aliphatic rings. The van der Waals surface area contributed by atoms with Crippen LogP contribution in [0.2, 0.25) is 5.02 Å². The standard InChI is InChI=1S/C19H18ClF3N6O3S/c20-15-8-10(25-18-26-17(24)27-28-18)7-14(19(21,22)23)16(15)9-1-3-13(4-2-9)33(31,32)29-11-5-12(30)6-11/h1-4,7-8,11-12,29-30H,5-6H2,(H4,24,25,26,27,28)/t11-,12-. The van der Waals surface area contributed by atoms with Gasteiger partial charge in [-0.1, -0.05) is 23.7 Å². The highest BCUT2D eigenvalue weighted by Gasteiger charge is 2.36. The Morgan fingerprint density at radius 1 is 1.18 bits per heavy atom. The maximum atomic E-state index is 13.9. The van der Waals surface area contributed by atoms with Gasteiger partial charge in [0.2, 0.25) is 21.9 Å². The van der Waals surface area contributed by atoms with Gasteiger partial charge in [0.15, 0.2) is 0 Å². The Morgan fingerprint density at radius 2 is 1.85 bits per heavy atom. The van der Waals surface area contributed by atoms with Crippen LogP contribution >= 0.6 is 11.6 Å². The Morgan fingerprint density at radius 3 is 2.39 bits per heavy atom. The number of halogens is 4. The smallest absolute Gasteiger partial charge is 0.393 e. The molecule has 0 aliphatic heterocycles. The maximum absolute atomic E-state index is 13.9. The maximum Gasteiger partial charge on any atom is 0.417 e. The zero-order chi connectivity index (χ0) is 24.0. The highest BCUT2D eigenvalue weighted by molar-refractivity contribution is 7.89. The molecule has 1 fully saturated rings. The number of aromatic nitrogens is 3. The number of hydrogen-bond acceptors (Lipinski definition) is 7. The van der Waals surface area contributed by atoms with Crippen LogP contribution in [0, 0.1) is 0 Å². The van der Waals surface area contributed by atoms with Crippen LogP contribution in [-0.2, 0) is 16.2 Å². The Labute approximate surface area is 191 Å². The summed E-state index contributed by atoms with van der Waals surface area (Å²) < 4.78 is 69.0. The Hall–Kier alpha value is -2.87. The van der Waals surface area contributed by atoms with Crippen LogP contribution in [0.25, 0.3) is 11.1 Å². The number of nitrogen functional groups attached to an aromatic ring is 1. The van der Waals surface area contributed by atoms with Crippen LogP contribution in [0.4, 0.5) is 30.8 Å². The molecule has 0 amide bonds. The van der Waals surface area contributed by atoms with E-state index in [4.69, 9.17) is 17.3 Å². The van der Waals surface area contributed by atoms with Crippen LogP contribution < -0.4 is 15.8 Å². The molecule has 1 saturated carbocycles. The molecule has 3 aromatic rings. The molecule has 1 heterocycles. The molecule has 0 radical (unpaired) electrons. The number of nitrogens with one attached hydrogen (secondary N) is 3. The average molecular weight is 503 g/mol. The topological polar surface area (TPSA) is 146 Å². The number of aliphatic hydroxyl groups is 1. The van der Waals surface area contributed by atoms with Crippen molar-refractivity contribution in [1.82, 2.24) is 19.9 Å². The zero-order valence-electron chi connectivity index (χ0n) is 16.7. The average Bonchev–Trinajstić information content (AvgIpc) is 3.10. The van der Waals surface area contributed by atoms with E-state index in [1.165, 1.54) is 30.3 Å². The molecule has 1 aromatic heterocycles. The van der Waals surface area contributed by atoms with E-state index in [2.05, 4.69) is 25.2 Å². The normalized spacial score (nSPS) is 18.7. The lowest BCUT2D eigenvalue weighted by Gasteiger charge is -2.31. The van der Waals surface area contributed by atoms with Crippen molar-refractivity contribution >= 4 is 39.2 Å². The molecule has 0 saturated heterocycles. The van der Waals surface area contributed by atoms with Gasteiger partial charge in [-0.25, -0.2) is 18.2 Å². The number of benzene rings is 2. The number of H-pyrrole nitrogens is 1. The molecule has 0 atom stereocenters. The number of nitrogens with two attached hydrogens (primary N) is 1. The molecule has 1 aliphatic carbocycles. The molecule has 176 valence electrons. The lowest BCUT2D eigenvalue weighted by Crippen LogP contribution is -2.46. The summed E-state index contributed by atoms with van der Waals surface area (Å²) in [6.45, 7) is 0. The summed E-state index contributed by atoms with van der Waals surface area (Å²) in [5, 5.41) is 17.8. The molecule has 6 N–H and O–H groups in total. The van der Waals surface area contributed by atoms with E-state index >= 15 is 0 Å². The van der Waals surface area contributed by atoms with Gasteiger partial charge in [-0.3, -0.25) is 0 Å². The first-order valence-corrected chi connectivity index (χ1v) is 11.4. The second-order valence-electron chi connectivity index (χ2n) is 7.52. The summed E-state index contributed by atoms with van der Waals surface area (Å²) in [5.74, 6) is -0.0558. The van der Waals surface area contributed by atoms with Crippen LogP contribution in [-0.4, -0.2) is 40.9 Å². The summed E-state index contributed by atoms with van der Waals surface area (Å²) in [7, 11) is -3.88. The first-order chi connectivity index (χ1) is 15.4. The van der Waals surface area contributed by atoms with Crippen LogP contribution in [0.5, 0.6) is 0 Å². The van der Waals surface area contributed by atoms with E-state index in [0.717, 1.165) is 6.07 Å². The number of aliphatic hydroxyl groups excluding tert-OH is 1. The molecule has 2 aromatic carbocycles. The summed E-state index contributed by atoms with van der Waals surface area (Å²) >= 11 is 6.22. The first kappa shape index (κ1) is 23.3. The minimum Gasteiger partial charge on any atom is -0.393 e. The van der Waals surface area contributed by atoms with Crippen molar-refractivity contribution in [1.29, 1.82) is 0 Å². The van der Waals surface area contributed by atoms with E-state index in [-0.39, 0.29) is 44.7 Å². The van der Waals surface area contributed by atoms with Gasteiger partial charge in [0.1, 0.15) is 0 Å². The van der Waals surface area contributed by atoms with Crippen molar-refractivity contribution in [3.8, 4) is 11.1 Å². The molecular formula is C19H18ClF3N6O3S. The number of rotatable bonds is 6. The number of hydrogen-bond donors (Lipinski definition) is 5. The molecule has 33 heavy (non-hydrogen) atoms. The van der Waals surface area contributed by atoms with Crippen molar-refractivity contribution in [2.75, 3.05) is 11.1 Å². The Bertz CT molecular complexity index is 1270.